The molecule has 3 aromatic rings. The number of carbonyl (C=O) groups excluding carboxylic acids is 2. The van der Waals surface area contributed by atoms with Crippen LogP contribution in [-0.4, -0.2) is 33.2 Å². The van der Waals surface area contributed by atoms with Crippen molar-refractivity contribution in [3.05, 3.63) is 65.0 Å². The molecular weight excluding hydrogens is 439 g/mol. The quantitative estimate of drug-likeness (QED) is 0.530. The van der Waals surface area contributed by atoms with Crippen LogP contribution in [0.5, 0.6) is 5.75 Å². The van der Waals surface area contributed by atoms with Crippen molar-refractivity contribution < 1.29 is 32.0 Å². The number of nitrogens with zero attached hydrogens (tertiary/aromatic N) is 3. The lowest BCUT2D eigenvalue weighted by atomic mass is 10.1. The first-order chi connectivity index (χ1) is 14.7. The molecule has 1 atom stereocenters. The largest absolute Gasteiger partial charge is 0.573 e. The number of benzene rings is 2. The summed E-state index contributed by atoms with van der Waals surface area (Å²) in [6, 6.07) is 10.3. The van der Waals surface area contributed by atoms with Gasteiger partial charge in [0.15, 0.2) is 0 Å². The molecule has 1 aliphatic heterocycles. The number of ether oxygens (including phenoxy) is 1. The molecule has 0 spiro atoms. The Hall–Kier alpha value is -3.40. The van der Waals surface area contributed by atoms with Crippen LogP contribution in [0.4, 0.5) is 13.2 Å². The molecule has 1 aliphatic rings. The molecule has 11 heteroatoms. The zero-order valence-corrected chi connectivity index (χ0v) is 16.4. The number of halogens is 4. The van der Waals surface area contributed by atoms with Gasteiger partial charge in [-0.25, -0.2) is 0 Å². The molecule has 2 heterocycles. The van der Waals surface area contributed by atoms with E-state index in [1.165, 1.54) is 24.3 Å². The highest BCUT2D eigenvalue weighted by Gasteiger charge is 2.40. The molecule has 0 bridgehead atoms. The number of alkyl halides is 3. The van der Waals surface area contributed by atoms with Crippen LogP contribution in [0, 0.1) is 0 Å². The van der Waals surface area contributed by atoms with Crippen molar-refractivity contribution in [1.82, 2.24) is 15.0 Å². The number of likely N-dealkylation sites (tertiary alicyclic amines) is 1. The average molecular weight is 452 g/mol. The van der Waals surface area contributed by atoms with Gasteiger partial charge >= 0.3 is 6.36 Å². The highest BCUT2D eigenvalue weighted by atomic mass is 35.5. The third-order valence-electron chi connectivity index (χ3n) is 4.59. The van der Waals surface area contributed by atoms with Crippen molar-refractivity contribution in [2.75, 3.05) is 0 Å². The predicted molar refractivity (Wildman–Crippen MR) is 101 cm³/mol. The number of imide groups is 1. The normalized spacial score (nSPS) is 16.6. The van der Waals surface area contributed by atoms with Crippen molar-refractivity contribution in [2.24, 2.45) is 0 Å². The molecule has 160 valence electrons. The molecule has 7 nitrogen and oxygen atoms in total. The fourth-order valence-electron chi connectivity index (χ4n) is 3.20. The Morgan fingerprint density at radius 3 is 2.45 bits per heavy atom. The number of aromatic nitrogens is 2. The third-order valence-corrected chi connectivity index (χ3v) is 4.85. The summed E-state index contributed by atoms with van der Waals surface area (Å²) in [5.74, 6) is -1.12. The van der Waals surface area contributed by atoms with Crippen LogP contribution in [0.2, 0.25) is 5.02 Å². The van der Waals surface area contributed by atoms with Gasteiger partial charge in [-0.05, 0) is 55.0 Å². The molecule has 2 aromatic carbocycles. The van der Waals surface area contributed by atoms with Crippen LogP contribution >= 0.6 is 11.6 Å². The Labute approximate surface area is 178 Å². The Kier molecular flexibility index (Phi) is 5.40. The van der Waals surface area contributed by atoms with Crippen LogP contribution in [0.15, 0.2) is 53.1 Å². The summed E-state index contributed by atoms with van der Waals surface area (Å²) in [6.07, 6.45) is -4.36. The molecule has 31 heavy (non-hydrogen) atoms. The van der Waals surface area contributed by atoms with E-state index in [2.05, 4.69) is 14.9 Å². The minimum absolute atomic E-state index is 0.0544. The molecule has 2 amide bonds. The Balaban J connectivity index is 1.55. The van der Waals surface area contributed by atoms with E-state index in [1.807, 2.05) is 0 Å². The summed E-state index contributed by atoms with van der Waals surface area (Å²) in [5.41, 5.74) is 0.661. The van der Waals surface area contributed by atoms with Crippen molar-refractivity contribution in [2.45, 2.75) is 25.2 Å². The number of carbonyl (C=O) groups is 2. The Bertz CT molecular complexity index is 1110. The van der Waals surface area contributed by atoms with Crippen molar-refractivity contribution in [1.29, 1.82) is 0 Å². The van der Waals surface area contributed by atoms with Crippen LogP contribution in [-0.2, 0) is 4.79 Å². The van der Waals surface area contributed by atoms with E-state index in [0.717, 1.165) is 17.0 Å². The topological polar surface area (TPSA) is 85.5 Å². The zero-order chi connectivity index (χ0) is 22.2. The minimum atomic E-state index is -4.80. The van der Waals surface area contributed by atoms with Crippen LogP contribution < -0.4 is 4.74 Å². The van der Waals surface area contributed by atoms with E-state index >= 15 is 0 Å². The molecule has 0 radical (unpaired) electrons. The second-order valence-electron chi connectivity index (χ2n) is 6.66. The molecule has 0 aliphatic carbocycles. The minimum Gasteiger partial charge on any atom is -0.406 e. The van der Waals surface area contributed by atoms with E-state index in [0.29, 0.717) is 17.0 Å². The average Bonchev–Trinajstić information content (AvgIpc) is 3.34. The number of rotatable bonds is 4. The van der Waals surface area contributed by atoms with Crippen molar-refractivity contribution in [3.8, 4) is 17.1 Å². The van der Waals surface area contributed by atoms with Crippen LogP contribution in [0.1, 0.15) is 35.1 Å². The monoisotopic (exact) mass is 451 g/mol. The van der Waals surface area contributed by atoms with Crippen LogP contribution in [0.3, 0.4) is 0 Å². The molecule has 0 saturated carbocycles. The third kappa shape index (κ3) is 4.53. The predicted octanol–water partition coefficient (Wildman–Crippen LogP) is 4.79. The van der Waals surface area contributed by atoms with Gasteiger partial charge in [0.2, 0.25) is 17.6 Å². The summed E-state index contributed by atoms with van der Waals surface area (Å²) in [5, 5.41) is 4.28. The summed E-state index contributed by atoms with van der Waals surface area (Å²) >= 11 is 5.84. The van der Waals surface area contributed by atoms with E-state index in [4.69, 9.17) is 16.1 Å². The summed E-state index contributed by atoms with van der Waals surface area (Å²) < 4.78 is 46.0. The standard InChI is InChI=1S/C20H13ClF3N3O4/c21-13-5-1-12(2-6-13)19(29)27-15(9-10-16(27)28)18-25-17(26-31-18)11-3-7-14(8-4-11)30-20(22,23)24/h1-8,15H,9-10H2/t15-/m1/s1. The molecule has 1 fully saturated rings. The molecule has 4 rings (SSSR count). The van der Waals surface area contributed by atoms with Crippen molar-refractivity contribution >= 4 is 23.4 Å². The number of hydrogen-bond acceptors (Lipinski definition) is 6. The maximum atomic E-state index is 12.8. The second kappa shape index (κ2) is 8.03. The van der Waals surface area contributed by atoms with Gasteiger partial charge in [0.05, 0.1) is 0 Å². The molecule has 0 unspecified atom stereocenters. The van der Waals surface area contributed by atoms with E-state index in [-0.39, 0.29) is 35.4 Å². The van der Waals surface area contributed by atoms with Crippen molar-refractivity contribution in [3.63, 3.8) is 0 Å². The molecular formula is C20H13ClF3N3O4. The van der Waals surface area contributed by atoms with Gasteiger partial charge in [-0.3, -0.25) is 14.5 Å². The molecule has 1 saturated heterocycles. The van der Waals surface area contributed by atoms with Gasteiger partial charge in [-0.1, -0.05) is 16.8 Å². The van der Waals surface area contributed by atoms with Gasteiger partial charge in [0.25, 0.3) is 5.91 Å². The van der Waals surface area contributed by atoms with Gasteiger partial charge < -0.3 is 9.26 Å². The summed E-state index contributed by atoms with van der Waals surface area (Å²) in [6.45, 7) is 0. The van der Waals surface area contributed by atoms with Gasteiger partial charge in [-0.15, -0.1) is 13.2 Å². The molecule has 0 N–H and O–H groups in total. The SMILES string of the molecule is O=C1CC[C@H](c2nc(-c3ccc(OC(F)(F)F)cc3)no2)N1C(=O)c1ccc(Cl)cc1. The lowest BCUT2D eigenvalue weighted by Crippen LogP contribution is -2.34. The lowest BCUT2D eigenvalue weighted by molar-refractivity contribution is -0.274. The maximum Gasteiger partial charge on any atom is 0.573 e. The molecule has 1 aromatic heterocycles. The second-order valence-corrected chi connectivity index (χ2v) is 7.10. The van der Waals surface area contributed by atoms with E-state index in [1.54, 1.807) is 12.1 Å². The smallest absolute Gasteiger partial charge is 0.406 e. The summed E-state index contributed by atoms with van der Waals surface area (Å²) in [4.78, 5) is 30.5. The number of hydrogen-bond donors (Lipinski definition) is 0. The first-order valence-corrected chi connectivity index (χ1v) is 9.41. The van der Waals surface area contributed by atoms with Gasteiger partial charge in [0.1, 0.15) is 11.8 Å². The maximum absolute atomic E-state index is 12.8. The lowest BCUT2D eigenvalue weighted by Gasteiger charge is -2.20. The van der Waals surface area contributed by atoms with E-state index < -0.39 is 18.3 Å². The first-order valence-electron chi connectivity index (χ1n) is 9.03. The fraction of sp³-hybridized carbons (Fsp3) is 0.200. The van der Waals surface area contributed by atoms with Gasteiger partial charge in [0, 0.05) is 22.6 Å². The van der Waals surface area contributed by atoms with Gasteiger partial charge in [-0.2, -0.15) is 4.98 Å². The Morgan fingerprint density at radius 2 is 1.81 bits per heavy atom. The first kappa shape index (κ1) is 20.9. The fourth-order valence-corrected chi connectivity index (χ4v) is 3.32. The van der Waals surface area contributed by atoms with Crippen LogP contribution in [0.25, 0.3) is 11.4 Å². The zero-order valence-electron chi connectivity index (χ0n) is 15.6. The Morgan fingerprint density at radius 1 is 1.13 bits per heavy atom. The number of amides is 2. The highest BCUT2D eigenvalue weighted by molar-refractivity contribution is 6.30. The highest BCUT2D eigenvalue weighted by Crippen LogP contribution is 2.34. The van der Waals surface area contributed by atoms with E-state index in [9.17, 15) is 22.8 Å². The summed E-state index contributed by atoms with van der Waals surface area (Å²) in [7, 11) is 0.